The van der Waals surface area contributed by atoms with Gasteiger partial charge in [0, 0.05) is 14.2 Å². The Morgan fingerprint density at radius 1 is 0.974 bits per heavy atom. The summed E-state index contributed by atoms with van der Waals surface area (Å²) in [4.78, 5) is 16.6. The molecule has 0 aromatic carbocycles. The molecule has 39 heavy (non-hydrogen) atoms. The van der Waals surface area contributed by atoms with Crippen molar-refractivity contribution in [2.45, 2.75) is 61.3 Å². The standard InChI is InChI=1S/C15H27NO20S3/c1-28-10-8(18)11(35-39(25,26)27)15(34-12(10)13(19)29-2)33-9-5(4-31-36-37(20)21)32-14(30-3)6(7(9)17)16-38(22,23)24/h5-12,14-18H,4H2,1-3H3,(H,20,21)(H,22,23,24)(H,25,26,27)/p-3/t5-,6?,7?,8+,9+,10+,11?,12?,14-,15+/m0/s1. The zero-order valence-corrected chi connectivity index (χ0v) is 22.4. The summed E-state index contributed by atoms with van der Waals surface area (Å²) < 4.78 is 129. The number of esters is 1. The van der Waals surface area contributed by atoms with Crippen molar-refractivity contribution >= 4 is 38.0 Å². The maximum atomic E-state index is 12.2. The second-order valence-corrected chi connectivity index (χ2v) is 10.3. The molecule has 11 atom stereocenters. The van der Waals surface area contributed by atoms with E-state index in [0.717, 1.165) is 21.3 Å². The minimum absolute atomic E-state index is 0.919. The van der Waals surface area contributed by atoms with Gasteiger partial charge in [0.05, 0.1) is 7.11 Å². The molecule has 0 aromatic rings. The molecular formula is C15H24NO20S3-3. The van der Waals surface area contributed by atoms with Crippen molar-refractivity contribution in [3.8, 4) is 0 Å². The van der Waals surface area contributed by atoms with E-state index in [1.54, 1.807) is 0 Å². The van der Waals surface area contributed by atoms with Gasteiger partial charge >= 0.3 is 5.97 Å². The van der Waals surface area contributed by atoms with Crippen LogP contribution >= 0.6 is 0 Å². The Morgan fingerprint density at radius 3 is 2.10 bits per heavy atom. The Kier molecular flexibility index (Phi) is 12.5. The number of hydrogen-bond donors (Lipinski definition) is 3. The summed E-state index contributed by atoms with van der Waals surface area (Å²) in [5.74, 6) is -1.18. The Hall–Kier alpha value is -1.04. The maximum Gasteiger partial charge on any atom is 0.337 e. The molecule has 3 N–H and O–H groups in total. The average molecular weight is 635 g/mol. The van der Waals surface area contributed by atoms with E-state index < -0.39 is 106 Å². The topological polar surface area (TPSA) is 307 Å². The molecule has 0 bridgehead atoms. The van der Waals surface area contributed by atoms with Crippen molar-refractivity contribution in [2.24, 2.45) is 0 Å². The quantitative estimate of drug-likeness (QED) is 0.0424. The fraction of sp³-hybridized carbons (Fsp3) is 0.933. The first-order chi connectivity index (χ1) is 18.0. The number of aliphatic hydroxyl groups excluding tert-OH is 2. The minimum atomic E-state index is -5.61. The first-order valence-electron chi connectivity index (χ1n) is 10.2. The van der Waals surface area contributed by atoms with E-state index in [-0.39, 0.29) is 0 Å². The van der Waals surface area contributed by atoms with Crippen LogP contribution < -0.4 is 4.72 Å². The van der Waals surface area contributed by atoms with E-state index in [1.165, 1.54) is 4.72 Å². The van der Waals surface area contributed by atoms with Gasteiger partial charge in [0.25, 0.3) is 0 Å². The van der Waals surface area contributed by atoms with Gasteiger partial charge in [-0.25, -0.2) is 35.4 Å². The number of aliphatic hydroxyl groups is 2. The molecule has 0 saturated carbocycles. The molecule has 2 heterocycles. The van der Waals surface area contributed by atoms with Crippen LogP contribution in [0.4, 0.5) is 0 Å². The predicted molar refractivity (Wildman–Crippen MR) is 111 cm³/mol. The van der Waals surface area contributed by atoms with Crippen molar-refractivity contribution in [1.82, 2.24) is 4.72 Å². The largest absolute Gasteiger partial charge is 0.748 e. The van der Waals surface area contributed by atoms with Crippen LogP contribution in [0, 0.1) is 0 Å². The highest BCUT2D eigenvalue weighted by Crippen LogP contribution is 2.32. The van der Waals surface area contributed by atoms with Gasteiger partial charge in [-0.1, -0.05) is 0 Å². The molecule has 2 rings (SSSR count). The lowest BCUT2D eigenvalue weighted by molar-refractivity contribution is -0.349. The Bertz CT molecular complexity index is 1050. The summed E-state index contributed by atoms with van der Waals surface area (Å²) >= 11 is -3.21. The number of hydrogen-bond acceptors (Lipinski definition) is 20. The lowest BCUT2D eigenvalue weighted by Gasteiger charge is -2.47. The normalized spacial score (nSPS) is 36.8. The fourth-order valence-electron chi connectivity index (χ4n) is 3.75. The SMILES string of the molecule is COC(=O)C1O[C@@H](O[C@H]2C(O)C(NS(=O)(=O)[O-])[C@@H](OC)O[C@H]2COOS(=O)[O-])C(OS(=O)(=O)[O-])[C@H](O)[C@H]1OC. The third-order valence-corrected chi connectivity index (χ3v) is 6.49. The number of carbonyl (C=O) groups is 1. The highest BCUT2D eigenvalue weighted by Gasteiger charge is 2.55. The van der Waals surface area contributed by atoms with Gasteiger partial charge in [0.1, 0.15) is 54.5 Å². The van der Waals surface area contributed by atoms with Crippen LogP contribution in [0.1, 0.15) is 0 Å². The van der Waals surface area contributed by atoms with Crippen LogP contribution in [0.5, 0.6) is 0 Å². The van der Waals surface area contributed by atoms with E-state index in [9.17, 15) is 49.7 Å². The third kappa shape index (κ3) is 9.50. The monoisotopic (exact) mass is 634 g/mol. The average Bonchev–Trinajstić information content (AvgIpc) is 2.82. The lowest BCUT2D eigenvalue weighted by Crippen LogP contribution is -2.68. The van der Waals surface area contributed by atoms with Gasteiger partial charge in [0.15, 0.2) is 35.1 Å². The smallest absolute Gasteiger partial charge is 0.337 e. The van der Waals surface area contributed by atoms with Crippen LogP contribution in [-0.4, -0.2) is 140 Å². The maximum absolute atomic E-state index is 12.2. The number of methoxy groups -OCH3 is 3. The second kappa shape index (κ2) is 14.2. The van der Waals surface area contributed by atoms with Crippen LogP contribution in [0.3, 0.4) is 0 Å². The van der Waals surface area contributed by atoms with Crippen LogP contribution in [0.25, 0.3) is 0 Å². The van der Waals surface area contributed by atoms with Gasteiger partial charge in [-0.05, 0) is 0 Å². The predicted octanol–water partition coefficient (Wildman–Crippen LogP) is -5.62. The van der Waals surface area contributed by atoms with Gasteiger partial charge in [-0.15, -0.1) is 4.33 Å². The summed E-state index contributed by atoms with van der Waals surface area (Å²) in [6.45, 7) is -0.922. The molecule has 0 aliphatic carbocycles. The zero-order valence-electron chi connectivity index (χ0n) is 19.9. The van der Waals surface area contributed by atoms with Gasteiger partial charge in [-0.2, -0.15) is 0 Å². The molecule has 0 spiro atoms. The molecule has 0 aromatic heterocycles. The third-order valence-electron chi connectivity index (χ3n) is 5.27. The molecule has 2 fully saturated rings. The summed E-state index contributed by atoms with van der Waals surface area (Å²) in [6, 6.07) is -1.92. The van der Waals surface area contributed by atoms with Crippen LogP contribution in [-0.2, 0) is 78.7 Å². The molecule has 2 aliphatic rings. The molecule has 2 aliphatic heterocycles. The van der Waals surface area contributed by atoms with E-state index >= 15 is 0 Å². The van der Waals surface area contributed by atoms with Crippen LogP contribution in [0.15, 0.2) is 0 Å². The molecular weight excluding hydrogens is 610 g/mol. The summed E-state index contributed by atoms with van der Waals surface area (Å²) in [5, 5.41) is 21.5. The number of carbonyl (C=O) groups excluding carboxylic acids is 1. The van der Waals surface area contributed by atoms with Crippen molar-refractivity contribution in [3.05, 3.63) is 0 Å². The van der Waals surface area contributed by atoms with E-state index in [0.29, 0.717) is 0 Å². The first-order valence-corrected chi connectivity index (χ1v) is 14.0. The van der Waals surface area contributed by atoms with Gasteiger partial charge in [0.2, 0.25) is 10.4 Å². The molecule has 2 saturated heterocycles. The Labute approximate surface area is 223 Å². The zero-order chi connectivity index (χ0) is 29.7. The fourth-order valence-corrected chi connectivity index (χ4v) is 4.94. The minimum Gasteiger partial charge on any atom is -0.748 e. The Balaban J connectivity index is 2.49. The number of nitrogens with one attached hydrogen (secondary N) is 1. The molecule has 0 radical (unpaired) electrons. The summed E-state index contributed by atoms with van der Waals surface area (Å²) in [6.07, 6.45) is -17.8. The molecule has 0 amide bonds. The van der Waals surface area contributed by atoms with Crippen molar-refractivity contribution in [1.29, 1.82) is 0 Å². The highest BCUT2D eigenvalue weighted by atomic mass is 32.3. The van der Waals surface area contributed by atoms with Gasteiger partial charge < -0.3 is 52.3 Å². The molecule has 5 unspecified atom stereocenters. The van der Waals surface area contributed by atoms with E-state index in [1.807, 2.05) is 0 Å². The summed E-state index contributed by atoms with van der Waals surface area (Å²) in [7, 11) is -8.02. The lowest BCUT2D eigenvalue weighted by atomic mass is 9.96. The number of rotatable bonds is 13. The van der Waals surface area contributed by atoms with Crippen molar-refractivity contribution in [2.75, 3.05) is 27.9 Å². The van der Waals surface area contributed by atoms with Crippen molar-refractivity contribution < 1.29 is 91.5 Å². The molecule has 24 heteroatoms. The molecule has 21 nitrogen and oxygen atoms in total. The van der Waals surface area contributed by atoms with Crippen molar-refractivity contribution in [3.63, 3.8) is 0 Å². The van der Waals surface area contributed by atoms with Gasteiger partial charge in [-0.3, -0.25) is 4.18 Å². The molecule has 230 valence electrons. The van der Waals surface area contributed by atoms with Crippen LogP contribution in [0.2, 0.25) is 0 Å². The highest BCUT2D eigenvalue weighted by molar-refractivity contribution is 7.83. The van der Waals surface area contributed by atoms with E-state index in [4.69, 9.17) is 23.7 Å². The summed E-state index contributed by atoms with van der Waals surface area (Å²) in [5.41, 5.74) is 0. The Morgan fingerprint density at radius 2 is 1.62 bits per heavy atom. The van der Waals surface area contributed by atoms with E-state index in [2.05, 4.69) is 18.1 Å². The first kappa shape index (κ1) is 34.2. The second-order valence-electron chi connectivity index (χ2n) is 7.63. The number of ether oxygens (including phenoxy) is 6.